The van der Waals surface area contributed by atoms with Crippen molar-refractivity contribution < 1.29 is 9.84 Å². The number of benzene rings is 2. The van der Waals surface area contributed by atoms with Crippen molar-refractivity contribution in [2.45, 2.75) is 12.2 Å². The van der Waals surface area contributed by atoms with Crippen molar-refractivity contribution in [3.8, 4) is 0 Å². The maximum absolute atomic E-state index is 9.70. The van der Waals surface area contributed by atoms with Crippen LogP contribution in [0.5, 0.6) is 0 Å². The van der Waals surface area contributed by atoms with E-state index < -0.39 is 5.60 Å². The van der Waals surface area contributed by atoms with Gasteiger partial charge < -0.3 is 15.6 Å². The summed E-state index contributed by atoms with van der Waals surface area (Å²) in [6.45, 7) is 0.522. The molecule has 2 aromatic carbocycles. The number of ether oxygens (including phenoxy) is 1. The van der Waals surface area contributed by atoms with Gasteiger partial charge in [0.25, 0.3) is 0 Å². The first-order valence-corrected chi connectivity index (χ1v) is 6.35. The van der Waals surface area contributed by atoms with Crippen molar-refractivity contribution in [1.82, 2.24) is 0 Å². The number of rotatable bonds is 6. The molecule has 0 aromatic heterocycles. The highest BCUT2D eigenvalue weighted by Gasteiger charge is 2.31. The van der Waals surface area contributed by atoms with Crippen LogP contribution in [0.25, 0.3) is 0 Å². The third kappa shape index (κ3) is 3.20. The minimum absolute atomic E-state index is 0.139. The molecule has 0 radical (unpaired) electrons. The Morgan fingerprint density at radius 1 is 0.947 bits per heavy atom. The van der Waals surface area contributed by atoms with E-state index in [0.29, 0.717) is 6.61 Å². The summed E-state index contributed by atoms with van der Waals surface area (Å²) >= 11 is 0. The minimum atomic E-state index is -0.836. The molecular formula is C16H19NO2. The van der Waals surface area contributed by atoms with Gasteiger partial charge in [-0.3, -0.25) is 0 Å². The van der Waals surface area contributed by atoms with E-state index in [0.717, 1.165) is 11.1 Å². The largest absolute Gasteiger partial charge is 0.393 e. The highest BCUT2D eigenvalue weighted by Crippen LogP contribution is 2.25. The molecule has 0 aliphatic carbocycles. The summed E-state index contributed by atoms with van der Waals surface area (Å²) < 4.78 is 5.93. The van der Waals surface area contributed by atoms with Gasteiger partial charge in [-0.05, 0) is 11.1 Å². The molecule has 0 amide bonds. The summed E-state index contributed by atoms with van der Waals surface area (Å²) in [6.07, 6.45) is 0. The zero-order valence-corrected chi connectivity index (χ0v) is 10.8. The van der Waals surface area contributed by atoms with Crippen LogP contribution in [0.1, 0.15) is 11.1 Å². The molecule has 0 aliphatic heterocycles. The fraction of sp³-hybridized carbons (Fsp3) is 0.250. The summed E-state index contributed by atoms with van der Waals surface area (Å²) in [6, 6.07) is 19.5. The zero-order chi connectivity index (χ0) is 13.6. The lowest BCUT2D eigenvalue weighted by Gasteiger charge is -2.31. The summed E-state index contributed by atoms with van der Waals surface area (Å²) in [4.78, 5) is 0. The second-order valence-electron chi connectivity index (χ2n) is 4.50. The minimum Gasteiger partial charge on any atom is -0.393 e. The molecule has 3 heteroatoms. The van der Waals surface area contributed by atoms with Crippen LogP contribution < -0.4 is 5.73 Å². The van der Waals surface area contributed by atoms with Crippen molar-refractivity contribution >= 4 is 0 Å². The van der Waals surface area contributed by atoms with Gasteiger partial charge in [-0.15, -0.1) is 0 Å². The normalized spacial score (nSPS) is 14.0. The molecule has 0 spiro atoms. The van der Waals surface area contributed by atoms with Gasteiger partial charge in [0, 0.05) is 6.54 Å². The van der Waals surface area contributed by atoms with Crippen LogP contribution in [-0.4, -0.2) is 18.3 Å². The third-order valence-corrected chi connectivity index (χ3v) is 3.24. The van der Waals surface area contributed by atoms with Gasteiger partial charge in [-0.1, -0.05) is 60.7 Å². The first-order chi connectivity index (χ1) is 9.30. The number of nitrogens with two attached hydrogens (primary N) is 1. The maximum atomic E-state index is 9.70. The predicted octanol–water partition coefficient (Wildman–Crippen LogP) is 2.05. The van der Waals surface area contributed by atoms with E-state index in [4.69, 9.17) is 10.5 Å². The molecule has 19 heavy (non-hydrogen) atoms. The van der Waals surface area contributed by atoms with Crippen molar-refractivity contribution in [3.05, 3.63) is 71.8 Å². The average Bonchev–Trinajstić information content (AvgIpc) is 2.51. The van der Waals surface area contributed by atoms with E-state index in [1.165, 1.54) is 0 Å². The van der Waals surface area contributed by atoms with Crippen LogP contribution in [0.3, 0.4) is 0 Å². The maximum Gasteiger partial charge on any atom is 0.129 e. The third-order valence-electron chi connectivity index (χ3n) is 3.24. The first kappa shape index (κ1) is 13.7. The Hall–Kier alpha value is -1.68. The lowest BCUT2D eigenvalue weighted by atomic mass is 9.94. The monoisotopic (exact) mass is 257 g/mol. The highest BCUT2D eigenvalue weighted by molar-refractivity contribution is 5.24. The summed E-state index contributed by atoms with van der Waals surface area (Å²) in [5.41, 5.74) is 6.95. The molecule has 2 aromatic rings. The molecule has 1 atom stereocenters. The molecular weight excluding hydrogens is 238 g/mol. The van der Waals surface area contributed by atoms with Gasteiger partial charge >= 0.3 is 0 Å². The van der Waals surface area contributed by atoms with Gasteiger partial charge in [0.1, 0.15) is 5.60 Å². The van der Waals surface area contributed by atoms with E-state index in [1.807, 2.05) is 60.7 Å². The van der Waals surface area contributed by atoms with Crippen molar-refractivity contribution in [2.24, 2.45) is 5.73 Å². The molecule has 0 fully saturated rings. The highest BCUT2D eigenvalue weighted by atomic mass is 16.5. The Balaban J connectivity index is 2.16. The number of aliphatic hydroxyl groups excluding tert-OH is 1. The molecule has 0 aliphatic rings. The smallest absolute Gasteiger partial charge is 0.129 e. The van der Waals surface area contributed by atoms with Crippen LogP contribution in [0.4, 0.5) is 0 Å². The molecule has 0 saturated heterocycles. The van der Waals surface area contributed by atoms with Crippen molar-refractivity contribution in [2.75, 3.05) is 13.2 Å². The molecule has 0 saturated carbocycles. The number of hydrogen-bond acceptors (Lipinski definition) is 3. The van der Waals surface area contributed by atoms with Crippen LogP contribution in [0.2, 0.25) is 0 Å². The van der Waals surface area contributed by atoms with Gasteiger partial charge in [0.15, 0.2) is 0 Å². The molecule has 100 valence electrons. The van der Waals surface area contributed by atoms with Crippen molar-refractivity contribution in [3.63, 3.8) is 0 Å². The second-order valence-corrected chi connectivity index (χ2v) is 4.50. The van der Waals surface area contributed by atoms with E-state index in [1.54, 1.807) is 0 Å². The quantitative estimate of drug-likeness (QED) is 0.832. The van der Waals surface area contributed by atoms with Crippen LogP contribution in [0.15, 0.2) is 60.7 Å². The van der Waals surface area contributed by atoms with E-state index >= 15 is 0 Å². The Morgan fingerprint density at radius 2 is 1.53 bits per heavy atom. The number of hydrogen-bond donors (Lipinski definition) is 2. The molecule has 1 unspecified atom stereocenters. The molecule has 3 nitrogen and oxygen atoms in total. The summed E-state index contributed by atoms with van der Waals surface area (Å²) in [5, 5.41) is 9.70. The lowest BCUT2D eigenvalue weighted by Crippen LogP contribution is -2.41. The molecule has 2 rings (SSSR count). The van der Waals surface area contributed by atoms with Gasteiger partial charge in [0.2, 0.25) is 0 Å². The fourth-order valence-electron chi connectivity index (χ4n) is 2.00. The SMILES string of the molecule is NCC(CO)(OCc1ccccc1)c1ccccc1. The Labute approximate surface area is 113 Å². The summed E-state index contributed by atoms with van der Waals surface area (Å²) in [5.74, 6) is 0. The van der Waals surface area contributed by atoms with Gasteiger partial charge in [0.05, 0.1) is 13.2 Å². The van der Waals surface area contributed by atoms with Crippen LogP contribution in [0, 0.1) is 0 Å². The second kappa shape index (κ2) is 6.48. The van der Waals surface area contributed by atoms with Gasteiger partial charge in [-0.25, -0.2) is 0 Å². The Morgan fingerprint density at radius 3 is 2.05 bits per heavy atom. The number of aliphatic hydroxyl groups is 1. The van der Waals surface area contributed by atoms with Gasteiger partial charge in [-0.2, -0.15) is 0 Å². The van der Waals surface area contributed by atoms with Crippen molar-refractivity contribution in [1.29, 1.82) is 0 Å². The van der Waals surface area contributed by atoms with E-state index in [2.05, 4.69) is 0 Å². The average molecular weight is 257 g/mol. The first-order valence-electron chi connectivity index (χ1n) is 6.35. The Bertz CT molecular complexity index is 481. The van der Waals surface area contributed by atoms with Crippen LogP contribution >= 0.6 is 0 Å². The topological polar surface area (TPSA) is 55.5 Å². The molecule has 3 N–H and O–H groups in total. The predicted molar refractivity (Wildman–Crippen MR) is 75.5 cm³/mol. The molecule has 0 bridgehead atoms. The summed E-state index contributed by atoms with van der Waals surface area (Å²) in [7, 11) is 0. The fourth-order valence-corrected chi connectivity index (χ4v) is 2.00. The Kier molecular flexibility index (Phi) is 4.68. The molecule has 0 heterocycles. The lowest BCUT2D eigenvalue weighted by molar-refractivity contribution is -0.0884. The standard InChI is InChI=1S/C16H19NO2/c17-12-16(13-18,15-9-5-2-6-10-15)19-11-14-7-3-1-4-8-14/h1-10,18H,11-13,17H2. The van der Waals surface area contributed by atoms with E-state index in [-0.39, 0.29) is 13.2 Å². The zero-order valence-electron chi connectivity index (χ0n) is 10.8. The van der Waals surface area contributed by atoms with Crippen LogP contribution in [-0.2, 0) is 16.9 Å². The van der Waals surface area contributed by atoms with E-state index in [9.17, 15) is 5.11 Å².